The maximum atomic E-state index is 11.7. The Bertz CT molecular complexity index is 345. The lowest BCUT2D eigenvalue weighted by atomic mass is 9.94. The maximum Gasteiger partial charge on any atom is 0.140 e. The maximum absolute atomic E-state index is 11.7. The van der Waals surface area contributed by atoms with Gasteiger partial charge in [-0.15, -0.1) is 12.3 Å². The quantitative estimate of drug-likeness (QED) is 0.527. The van der Waals surface area contributed by atoms with Crippen LogP contribution in [0.3, 0.4) is 0 Å². The van der Waals surface area contributed by atoms with Crippen LogP contribution in [-0.2, 0) is 4.79 Å². The Balaban J connectivity index is 2.51. The molecule has 0 aromatic heterocycles. The summed E-state index contributed by atoms with van der Waals surface area (Å²) in [5, 5.41) is 0. The van der Waals surface area contributed by atoms with Crippen molar-refractivity contribution in [2.24, 2.45) is 0 Å². The molecule has 0 spiro atoms. The zero-order valence-electron chi connectivity index (χ0n) is 9.07. The van der Waals surface area contributed by atoms with Gasteiger partial charge in [0.15, 0.2) is 0 Å². The van der Waals surface area contributed by atoms with Crippen molar-refractivity contribution in [2.75, 3.05) is 0 Å². The second-order valence-electron chi connectivity index (χ2n) is 3.66. The summed E-state index contributed by atoms with van der Waals surface area (Å²) in [5.74, 6) is 2.81. The summed E-state index contributed by atoms with van der Waals surface area (Å²) in [4.78, 5) is 11.7. The first-order valence-electron chi connectivity index (χ1n) is 5.27. The molecule has 0 radical (unpaired) electrons. The van der Waals surface area contributed by atoms with Gasteiger partial charge in [0.2, 0.25) is 0 Å². The minimum absolute atomic E-state index is 0.0102. The Kier molecular flexibility index (Phi) is 4.63. The van der Waals surface area contributed by atoms with Crippen LogP contribution in [0.4, 0.5) is 0 Å². The minimum atomic E-state index is -0.0102. The first-order chi connectivity index (χ1) is 7.25. The number of carbonyl (C=O) groups excluding carboxylic acids is 1. The van der Waals surface area contributed by atoms with Gasteiger partial charge in [0.25, 0.3) is 0 Å². The highest BCUT2D eigenvalue weighted by Gasteiger charge is 2.13. The van der Waals surface area contributed by atoms with E-state index in [4.69, 9.17) is 6.42 Å². The van der Waals surface area contributed by atoms with Gasteiger partial charge in [-0.3, -0.25) is 4.79 Å². The first-order valence-corrected chi connectivity index (χ1v) is 5.27. The van der Waals surface area contributed by atoms with E-state index in [1.54, 1.807) is 0 Å². The molecule has 1 unspecified atom stereocenters. The Morgan fingerprint density at radius 2 is 2.07 bits per heavy atom. The largest absolute Gasteiger partial charge is 0.299 e. The smallest absolute Gasteiger partial charge is 0.140 e. The van der Waals surface area contributed by atoms with Gasteiger partial charge >= 0.3 is 0 Å². The molecule has 1 atom stereocenters. The van der Waals surface area contributed by atoms with Crippen molar-refractivity contribution in [3.8, 4) is 12.3 Å². The van der Waals surface area contributed by atoms with Crippen LogP contribution < -0.4 is 0 Å². The van der Waals surface area contributed by atoms with Crippen molar-refractivity contribution in [1.29, 1.82) is 0 Å². The van der Waals surface area contributed by atoms with Gasteiger partial charge in [0.1, 0.15) is 5.78 Å². The normalized spacial score (nSPS) is 11.7. The molecule has 0 N–H and O–H groups in total. The number of unbranched alkanes of at least 4 members (excludes halogenated alkanes) is 1. The van der Waals surface area contributed by atoms with E-state index < -0.39 is 0 Å². The fourth-order valence-electron chi connectivity index (χ4n) is 1.51. The molecule has 0 aliphatic heterocycles. The Morgan fingerprint density at radius 1 is 1.40 bits per heavy atom. The molecule has 0 bridgehead atoms. The van der Waals surface area contributed by atoms with Gasteiger partial charge in [0.05, 0.1) is 0 Å². The van der Waals surface area contributed by atoms with Gasteiger partial charge in [-0.05, 0) is 12.0 Å². The second-order valence-corrected chi connectivity index (χ2v) is 3.66. The van der Waals surface area contributed by atoms with Gasteiger partial charge in [0, 0.05) is 18.8 Å². The number of hydrogen-bond donors (Lipinski definition) is 0. The monoisotopic (exact) mass is 200 g/mol. The van der Waals surface area contributed by atoms with E-state index in [1.807, 2.05) is 37.3 Å². The van der Waals surface area contributed by atoms with Crippen molar-refractivity contribution < 1.29 is 4.79 Å². The summed E-state index contributed by atoms with van der Waals surface area (Å²) >= 11 is 0. The SMILES string of the molecule is C#CCCCC(=O)C(C)c1ccccc1. The van der Waals surface area contributed by atoms with Crippen LogP contribution in [0.2, 0.25) is 0 Å². The second kappa shape index (κ2) is 6.03. The highest BCUT2D eigenvalue weighted by atomic mass is 16.1. The minimum Gasteiger partial charge on any atom is -0.299 e. The van der Waals surface area contributed by atoms with Gasteiger partial charge in [-0.1, -0.05) is 37.3 Å². The molecule has 0 aliphatic carbocycles. The van der Waals surface area contributed by atoms with E-state index >= 15 is 0 Å². The molecule has 1 rings (SSSR count). The molecule has 0 saturated heterocycles. The number of ketones is 1. The van der Waals surface area contributed by atoms with Crippen LogP contribution >= 0.6 is 0 Å². The van der Waals surface area contributed by atoms with E-state index in [9.17, 15) is 4.79 Å². The number of Topliss-reactive ketones (excluding diaryl/α,β-unsaturated/α-hetero) is 1. The average molecular weight is 200 g/mol. The Hall–Kier alpha value is -1.55. The third-order valence-electron chi connectivity index (χ3n) is 2.53. The molecule has 0 aliphatic rings. The number of benzene rings is 1. The lowest BCUT2D eigenvalue weighted by Gasteiger charge is -2.09. The standard InChI is InChI=1S/C14H16O/c1-3-4-6-11-14(15)12(2)13-9-7-5-8-10-13/h1,5,7-10,12H,4,6,11H2,2H3. The lowest BCUT2D eigenvalue weighted by Crippen LogP contribution is -2.08. The molecule has 0 saturated carbocycles. The molecule has 0 heterocycles. The Morgan fingerprint density at radius 3 is 2.67 bits per heavy atom. The molecule has 1 aromatic carbocycles. The number of terminal acetylenes is 1. The highest BCUT2D eigenvalue weighted by Crippen LogP contribution is 2.18. The molecule has 0 fully saturated rings. The zero-order valence-corrected chi connectivity index (χ0v) is 9.07. The van der Waals surface area contributed by atoms with Crippen LogP contribution in [0.5, 0.6) is 0 Å². The summed E-state index contributed by atoms with van der Waals surface area (Å²) in [7, 11) is 0. The van der Waals surface area contributed by atoms with E-state index in [1.165, 1.54) is 0 Å². The van der Waals surface area contributed by atoms with Crippen LogP contribution in [0, 0.1) is 12.3 Å². The molecule has 15 heavy (non-hydrogen) atoms. The van der Waals surface area contributed by atoms with Crippen LogP contribution in [-0.4, -0.2) is 5.78 Å². The van der Waals surface area contributed by atoms with Crippen molar-refractivity contribution in [3.63, 3.8) is 0 Å². The number of carbonyl (C=O) groups is 1. The van der Waals surface area contributed by atoms with E-state index in [-0.39, 0.29) is 11.7 Å². The summed E-state index contributed by atoms with van der Waals surface area (Å²) in [6.45, 7) is 1.95. The topological polar surface area (TPSA) is 17.1 Å². The van der Waals surface area contributed by atoms with Crippen LogP contribution in [0.1, 0.15) is 37.7 Å². The summed E-state index contributed by atoms with van der Waals surface area (Å²) in [6, 6.07) is 9.85. The van der Waals surface area contributed by atoms with E-state index in [0.717, 1.165) is 12.0 Å². The lowest BCUT2D eigenvalue weighted by molar-refractivity contribution is -0.120. The number of hydrogen-bond acceptors (Lipinski definition) is 1. The van der Waals surface area contributed by atoms with Gasteiger partial charge in [-0.2, -0.15) is 0 Å². The van der Waals surface area contributed by atoms with Crippen molar-refractivity contribution in [3.05, 3.63) is 35.9 Å². The molecule has 1 aromatic rings. The Labute approximate surface area is 91.5 Å². The van der Waals surface area contributed by atoms with Gasteiger partial charge in [-0.25, -0.2) is 0 Å². The molecular weight excluding hydrogens is 184 g/mol. The molecule has 78 valence electrons. The zero-order chi connectivity index (χ0) is 11.1. The highest BCUT2D eigenvalue weighted by molar-refractivity contribution is 5.85. The third-order valence-corrected chi connectivity index (χ3v) is 2.53. The van der Waals surface area contributed by atoms with E-state index in [2.05, 4.69) is 5.92 Å². The summed E-state index contributed by atoms with van der Waals surface area (Å²) < 4.78 is 0. The van der Waals surface area contributed by atoms with Crippen LogP contribution in [0.25, 0.3) is 0 Å². The molecule has 0 amide bonds. The fraction of sp³-hybridized carbons (Fsp3) is 0.357. The first kappa shape index (κ1) is 11.5. The van der Waals surface area contributed by atoms with Crippen LogP contribution in [0.15, 0.2) is 30.3 Å². The predicted octanol–water partition coefficient (Wildman–Crippen LogP) is 3.16. The number of rotatable bonds is 5. The third kappa shape index (κ3) is 3.59. The van der Waals surface area contributed by atoms with Crippen molar-refractivity contribution >= 4 is 5.78 Å². The predicted molar refractivity (Wildman–Crippen MR) is 62.5 cm³/mol. The molecule has 1 heteroatoms. The van der Waals surface area contributed by atoms with Gasteiger partial charge < -0.3 is 0 Å². The molecule has 1 nitrogen and oxygen atoms in total. The van der Waals surface area contributed by atoms with Crippen molar-refractivity contribution in [1.82, 2.24) is 0 Å². The van der Waals surface area contributed by atoms with Crippen molar-refractivity contribution in [2.45, 2.75) is 32.1 Å². The van der Waals surface area contributed by atoms with E-state index in [0.29, 0.717) is 12.8 Å². The summed E-state index contributed by atoms with van der Waals surface area (Å²) in [6.07, 6.45) is 7.21. The molecular formula is C14H16O. The average Bonchev–Trinajstić information content (AvgIpc) is 2.29. The summed E-state index contributed by atoms with van der Waals surface area (Å²) in [5.41, 5.74) is 1.09. The fourth-order valence-corrected chi connectivity index (χ4v) is 1.51.